The van der Waals surface area contributed by atoms with E-state index in [2.05, 4.69) is 5.32 Å². The van der Waals surface area contributed by atoms with Crippen LogP contribution in [0.3, 0.4) is 0 Å². The highest BCUT2D eigenvalue weighted by Gasteiger charge is 2.22. The molecule has 0 aliphatic rings. The third-order valence-corrected chi connectivity index (χ3v) is 3.90. The molecular weight excluding hydrogens is 342 g/mol. The molecule has 0 aliphatic carbocycles. The monoisotopic (exact) mass is 369 g/mol. The Morgan fingerprint density at radius 2 is 1.81 bits per heavy atom. The summed E-state index contributed by atoms with van der Waals surface area (Å²) < 4.78 is 11.0. The summed E-state index contributed by atoms with van der Waals surface area (Å²) in [5, 5.41) is 3.23. The van der Waals surface area contributed by atoms with Gasteiger partial charge in [-0.25, -0.2) is 0 Å². The van der Waals surface area contributed by atoms with Crippen LogP contribution >= 0.6 is 0 Å². The Kier molecular flexibility index (Phi) is 7.55. The lowest BCUT2D eigenvalue weighted by Crippen LogP contribution is -2.27. The number of ether oxygens (including phenoxy) is 2. The molecule has 1 N–H and O–H groups in total. The fourth-order valence-electron chi connectivity index (χ4n) is 2.31. The molecule has 0 saturated heterocycles. The van der Waals surface area contributed by atoms with Gasteiger partial charge in [-0.05, 0) is 44.0 Å². The van der Waals surface area contributed by atoms with Gasteiger partial charge in [0.25, 0.3) is 0 Å². The van der Waals surface area contributed by atoms with Gasteiger partial charge in [0.15, 0.2) is 6.29 Å². The molecule has 0 radical (unpaired) electrons. The molecular formula is C22H27NO4. The topological polar surface area (TPSA) is 64.6 Å². The Balaban J connectivity index is 1.85. The van der Waals surface area contributed by atoms with E-state index in [1.54, 1.807) is 6.07 Å². The van der Waals surface area contributed by atoms with Crippen molar-refractivity contribution in [3.05, 3.63) is 65.2 Å². The van der Waals surface area contributed by atoms with Crippen LogP contribution in [0.2, 0.25) is 0 Å². The van der Waals surface area contributed by atoms with Crippen molar-refractivity contribution in [2.75, 3.05) is 13.2 Å². The number of nitrogens with one attached hydrogen (secondary N) is 1. The molecule has 0 spiro atoms. The largest absolute Gasteiger partial charge is 0.488 e. The van der Waals surface area contributed by atoms with Gasteiger partial charge in [-0.2, -0.15) is 0 Å². The fourth-order valence-corrected chi connectivity index (χ4v) is 2.31. The zero-order chi connectivity index (χ0) is 19.7. The minimum absolute atomic E-state index is 0.212. The Morgan fingerprint density at radius 3 is 2.48 bits per heavy atom. The molecule has 2 aromatic carbocycles. The number of benzene rings is 2. The van der Waals surface area contributed by atoms with Crippen LogP contribution < -0.4 is 10.1 Å². The molecule has 2 rings (SSSR count). The van der Waals surface area contributed by atoms with Gasteiger partial charge in [0.05, 0.1) is 11.0 Å². The summed E-state index contributed by atoms with van der Waals surface area (Å²) in [5.74, 6) is 0.351. The molecule has 0 bridgehead atoms. The molecule has 27 heavy (non-hydrogen) atoms. The van der Waals surface area contributed by atoms with Crippen molar-refractivity contribution in [1.82, 2.24) is 5.32 Å². The van der Waals surface area contributed by atoms with E-state index in [9.17, 15) is 9.59 Å². The van der Waals surface area contributed by atoms with E-state index in [1.807, 2.05) is 63.2 Å². The third-order valence-electron chi connectivity index (χ3n) is 3.90. The normalized spacial score (nSPS) is 11.1. The standard InChI is InChI=1S/C22H27NO4/c1-22(2,3)21(25)26-12-11-23-14-18-9-10-19(15-24)20(13-18)27-16-17-7-5-4-6-8-17/h4-10,13,15,23H,11-12,14,16H2,1-3H3. The molecule has 0 aliphatic heterocycles. The summed E-state index contributed by atoms with van der Waals surface area (Å²) in [6.07, 6.45) is 0.795. The number of rotatable bonds is 9. The molecule has 0 unspecified atom stereocenters. The van der Waals surface area contributed by atoms with Gasteiger partial charge in [-0.3, -0.25) is 9.59 Å². The van der Waals surface area contributed by atoms with E-state index >= 15 is 0 Å². The molecule has 5 nitrogen and oxygen atoms in total. The van der Waals surface area contributed by atoms with Gasteiger partial charge in [-0.15, -0.1) is 0 Å². The van der Waals surface area contributed by atoms with Crippen molar-refractivity contribution in [1.29, 1.82) is 0 Å². The van der Waals surface area contributed by atoms with Gasteiger partial charge in [0.1, 0.15) is 19.0 Å². The number of hydrogen-bond acceptors (Lipinski definition) is 5. The highest BCUT2D eigenvalue weighted by atomic mass is 16.5. The Morgan fingerprint density at radius 1 is 1.07 bits per heavy atom. The number of esters is 1. The molecule has 0 heterocycles. The first kappa shape index (κ1) is 20.6. The van der Waals surface area contributed by atoms with E-state index in [0.29, 0.717) is 37.6 Å². The Labute approximate surface area is 160 Å². The Bertz CT molecular complexity index is 751. The van der Waals surface area contributed by atoms with E-state index in [1.165, 1.54) is 0 Å². The van der Waals surface area contributed by atoms with Crippen LogP contribution in [0.15, 0.2) is 48.5 Å². The third kappa shape index (κ3) is 6.87. The zero-order valence-electron chi connectivity index (χ0n) is 16.2. The van der Waals surface area contributed by atoms with Crippen molar-refractivity contribution in [2.45, 2.75) is 33.9 Å². The first-order valence-electron chi connectivity index (χ1n) is 9.03. The first-order chi connectivity index (χ1) is 12.9. The maximum absolute atomic E-state index is 11.7. The summed E-state index contributed by atoms with van der Waals surface area (Å²) in [6.45, 7) is 7.35. The van der Waals surface area contributed by atoms with Crippen LogP contribution in [0.1, 0.15) is 42.3 Å². The second-order valence-corrected chi connectivity index (χ2v) is 7.33. The van der Waals surface area contributed by atoms with Crippen LogP contribution in [0.25, 0.3) is 0 Å². The van der Waals surface area contributed by atoms with Gasteiger partial charge in [0.2, 0.25) is 0 Å². The molecule has 0 fully saturated rings. The lowest BCUT2D eigenvalue weighted by Gasteiger charge is -2.16. The molecule has 0 atom stereocenters. The Hall–Kier alpha value is -2.66. The summed E-state index contributed by atoms with van der Waals surface area (Å²) in [6, 6.07) is 15.3. The van der Waals surface area contributed by atoms with Crippen LogP contribution in [0.5, 0.6) is 5.75 Å². The maximum atomic E-state index is 11.7. The molecule has 5 heteroatoms. The van der Waals surface area contributed by atoms with Gasteiger partial charge in [-0.1, -0.05) is 36.4 Å². The number of carbonyl (C=O) groups is 2. The van der Waals surface area contributed by atoms with Crippen LogP contribution in [-0.4, -0.2) is 25.4 Å². The van der Waals surface area contributed by atoms with Gasteiger partial charge >= 0.3 is 5.97 Å². The summed E-state index contributed by atoms with van der Waals surface area (Å²) in [5.41, 5.74) is 2.06. The lowest BCUT2D eigenvalue weighted by atomic mass is 9.97. The second-order valence-electron chi connectivity index (χ2n) is 7.33. The van der Waals surface area contributed by atoms with E-state index < -0.39 is 5.41 Å². The number of carbonyl (C=O) groups excluding carboxylic acids is 2. The summed E-state index contributed by atoms with van der Waals surface area (Å²) >= 11 is 0. The van der Waals surface area contributed by atoms with Crippen LogP contribution in [0, 0.1) is 5.41 Å². The maximum Gasteiger partial charge on any atom is 0.311 e. The summed E-state index contributed by atoms with van der Waals surface area (Å²) in [7, 11) is 0. The average Bonchev–Trinajstić information content (AvgIpc) is 2.66. The predicted octanol–water partition coefficient (Wildman–Crippen LogP) is 3.76. The van der Waals surface area contributed by atoms with Crippen molar-refractivity contribution in [3.63, 3.8) is 0 Å². The average molecular weight is 369 g/mol. The molecule has 144 valence electrons. The molecule has 2 aromatic rings. The van der Waals surface area contributed by atoms with Crippen molar-refractivity contribution >= 4 is 12.3 Å². The number of hydrogen-bond donors (Lipinski definition) is 1. The highest BCUT2D eigenvalue weighted by Crippen LogP contribution is 2.20. The number of aldehydes is 1. The molecule has 0 aromatic heterocycles. The molecule has 0 amide bonds. The van der Waals surface area contributed by atoms with Crippen molar-refractivity contribution < 1.29 is 19.1 Å². The minimum Gasteiger partial charge on any atom is -0.488 e. The van der Waals surface area contributed by atoms with Crippen molar-refractivity contribution in [2.24, 2.45) is 5.41 Å². The summed E-state index contributed by atoms with van der Waals surface area (Å²) in [4.78, 5) is 23.0. The van der Waals surface area contributed by atoms with Gasteiger partial charge in [0, 0.05) is 13.1 Å². The first-order valence-corrected chi connectivity index (χ1v) is 9.03. The van der Waals surface area contributed by atoms with Crippen molar-refractivity contribution in [3.8, 4) is 5.75 Å². The minimum atomic E-state index is -0.490. The smallest absolute Gasteiger partial charge is 0.311 e. The zero-order valence-corrected chi connectivity index (χ0v) is 16.2. The van der Waals surface area contributed by atoms with E-state index in [4.69, 9.17) is 9.47 Å². The molecule has 0 saturated carbocycles. The van der Waals surface area contributed by atoms with Gasteiger partial charge < -0.3 is 14.8 Å². The lowest BCUT2D eigenvalue weighted by molar-refractivity contribution is -0.152. The predicted molar refractivity (Wildman–Crippen MR) is 105 cm³/mol. The highest BCUT2D eigenvalue weighted by molar-refractivity contribution is 5.79. The fraction of sp³-hybridized carbons (Fsp3) is 0.364. The SMILES string of the molecule is CC(C)(C)C(=O)OCCNCc1ccc(C=O)c(OCc2ccccc2)c1. The van der Waals surface area contributed by atoms with E-state index in [0.717, 1.165) is 17.4 Å². The van der Waals surface area contributed by atoms with Crippen LogP contribution in [-0.2, 0) is 22.7 Å². The second kappa shape index (κ2) is 9.88. The van der Waals surface area contributed by atoms with Crippen LogP contribution in [0.4, 0.5) is 0 Å². The quantitative estimate of drug-likeness (QED) is 0.414. The van der Waals surface area contributed by atoms with E-state index in [-0.39, 0.29) is 5.97 Å².